The SMILES string of the molecule is NC(Cc1ccc(O)cc1)C(=O)N1CCCC1C(=O)NC(CC(=O)O)C(=O)NC(CCC(=O)O)C(=O)O. The van der Waals surface area contributed by atoms with Gasteiger partial charge in [-0.15, -0.1) is 0 Å². The van der Waals surface area contributed by atoms with E-state index in [1.54, 1.807) is 12.1 Å². The fraction of sp³-hybridized carbons (Fsp3) is 0.478. The maximum absolute atomic E-state index is 13.0. The van der Waals surface area contributed by atoms with E-state index >= 15 is 0 Å². The molecule has 1 aliphatic heterocycles. The highest BCUT2D eigenvalue weighted by Gasteiger charge is 2.38. The van der Waals surface area contributed by atoms with Gasteiger partial charge in [0.25, 0.3) is 0 Å². The molecule has 202 valence electrons. The Hall–Kier alpha value is -4.20. The van der Waals surface area contributed by atoms with Gasteiger partial charge in [0.05, 0.1) is 12.5 Å². The molecule has 14 heteroatoms. The highest BCUT2D eigenvalue weighted by molar-refractivity contribution is 5.96. The molecule has 3 amide bonds. The fourth-order valence-electron chi connectivity index (χ4n) is 3.94. The van der Waals surface area contributed by atoms with Crippen molar-refractivity contribution in [1.29, 1.82) is 0 Å². The van der Waals surface area contributed by atoms with Crippen molar-refractivity contribution >= 4 is 35.6 Å². The Kier molecular flexibility index (Phi) is 10.4. The molecule has 0 saturated carbocycles. The number of carbonyl (C=O) groups is 6. The molecule has 1 aliphatic rings. The number of rotatable bonds is 13. The number of nitrogens with two attached hydrogens (primary N) is 1. The topological polar surface area (TPSA) is 237 Å². The predicted octanol–water partition coefficient (Wildman–Crippen LogP) is -1.35. The Morgan fingerprint density at radius 2 is 1.62 bits per heavy atom. The summed E-state index contributed by atoms with van der Waals surface area (Å²) in [4.78, 5) is 73.2. The van der Waals surface area contributed by atoms with Gasteiger partial charge >= 0.3 is 17.9 Å². The van der Waals surface area contributed by atoms with Crippen LogP contribution in [0.15, 0.2) is 24.3 Å². The van der Waals surface area contributed by atoms with E-state index < -0.39 is 79.1 Å². The molecule has 0 radical (unpaired) electrons. The van der Waals surface area contributed by atoms with E-state index in [1.807, 2.05) is 0 Å². The van der Waals surface area contributed by atoms with Crippen molar-refractivity contribution in [3.63, 3.8) is 0 Å². The lowest BCUT2D eigenvalue weighted by atomic mass is 10.0. The molecule has 1 saturated heterocycles. The van der Waals surface area contributed by atoms with Gasteiger partial charge < -0.3 is 41.7 Å². The second-order valence-corrected chi connectivity index (χ2v) is 8.66. The quantitative estimate of drug-likeness (QED) is 0.160. The lowest BCUT2D eigenvalue weighted by Crippen LogP contribution is -2.57. The molecule has 1 heterocycles. The summed E-state index contributed by atoms with van der Waals surface area (Å²) in [5, 5.41) is 40.9. The molecule has 2 rings (SSSR count). The molecule has 0 bridgehead atoms. The van der Waals surface area contributed by atoms with Crippen LogP contribution in [0.1, 0.15) is 37.7 Å². The van der Waals surface area contributed by atoms with Crippen molar-refractivity contribution in [3.05, 3.63) is 29.8 Å². The van der Waals surface area contributed by atoms with Gasteiger partial charge in [-0.05, 0) is 43.4 Å². The van der Waals surface area contributed by atoms with Crippen LogP contribution in [0.25, 0.3) is 0 Å². The second-order valence-electron chi connectivity index (χ2n) is 8.66. The van der Waals surface area contributed by atoms with E-state index in [0.717, 1.165) is 0 Å². The fourth-order valence-corrected chi connectivity index (χ4v) is 3.94. The Morgan fingerprint density at radius 1 is 0.973 bits per heavy atom. The van der Waals surface area contributed by atoms with E-state index in [9.17, 15) is 44.1 Å². The summed E-state index contributed by atoms with van der Waals surface area (Å²) in [7, 11) is 0. The first-order valence-corrected chi connectivity index (χ1v) is 11.5. The van der Waals surface area contributed by atoms with Crippen molar-refractivity contribution in [2.75, 3.05) is 6.54 Å². The summed E-state index contributed by atoms with van der Waals surface area (Å²) >= 11 is 0. The second kappa shape index (κ2) is 13.2. The summed E-state index contributed by atoms with van der Waals surface area (Å²) in [6.45, 7) is 0.215. The molecular formula is C23H30N4O10. The van der Waals surface area contributed by atoms with E-state index in [4.69, 9.17) is 10.8 Å². The number of phenols is 1. The van der Waals surface area contributed by atoms with Crippen LogP contribution in [0.5, 0.6) is 5.75 Å². The smallest absolute Gasteiger partial charge is 0.326 e. The van der Waals surface area contributed by atoms with E-state index in [1.165, 1.54) is 17.0 Å². The molecular weight excluding hydrogens is 492 g/mol. The van der Waals surface area contributed by atoms with Gasteiger partial charge in [0, 0.05) is 13.0 Å². The van der Waals surface area contributed by atoms with Gasteiger partial charge in [0.15, 0.2) is 0 Å². The summed E-state index contributed by atoms with van der Waals surface area (Å²) in [6.07, 6.45) is -1.04. The van der Waals surface area contributed by atoms with Gasteiger partial charge in [-0.1, -0.05) is 12.1 Å². The van der Waals surface area contributed by atoms with Crippen molar-refractivity contribution in [3.8, 4) is 5.75 Å². The van der Waals surface area contributed by atoms with E-state index in [2.05, 4.69) is 10.6 Å². The minimum atomic E-state index is -1.67. The highest BCUT2D eigenvalue weighted by atomic mass is 16.4. The van der Waals surface area contributed by atoms with Crippen LogP contribution in [-0.2, 0) is 35.2 Å². The number of carboxylic acid groups (broad SMARTS) is 3. The van der Waals surface area contributed by atoms with Crippen LogP contribution in [0.3, 0.4) is 0 Å². The number of aliphatic carboxylic acids is 3. The predicted molar refractivity (Wildman–Crippen MR) is 125 cm³/mol. The molecule has 8 N–H and O–H groups in total. The zero-order valence-corrected chi connectivity index (χ0v) is 19.8. The van der Waals surface area contributed by atoms with Crippen molar-refractivity contribution < 1.29 is 49.2 Å². The third kappa shape index (κ3) is 8.75. The average molecular weight is 523 g/mol. The van der Waals surface area contributed by atoms with Gasteiger partial charge in [-0.3, -0.25) is 24.0 Å². The Balaban J connectivity index is 2.08. The van der Waals surface area contributed by atoms with Crippen LogP contribution < -0.4 is 16.4 Å². The minimum Gasteiger partial charge on any atom is -0.508 e. The maximum atomic E-state index is 13.0. The van der Waals surface area contributed by atoms with Crippen LogP contribution in [0.2, 0.25) is 0 Å². The molecule has 0 spiro atoms. The molecule has 14 nitrogen and oxygen atoms in total. The zero-order valence-electron chi connectivity index (χ0n) is 19.8. The number of amides is 3. The summed E-state index contributed by atoms with van der Waals surface area (Å²) in [5.41, 5.74) is 6.74. The number of carboxylic acids is 3. The van der Waals surface area contributed by atoms with Crippen molar-refractivity contribution in [2.45, 2.75) is 62.7 Å². The first-order chi connectivity index (χ1) is 17.4. The minimum absolute atomic E-state index is 0.0523. The number of carbonyl (C=O) groups excluding carboxylic acids is 3. The van der Waals surface area contributed by atoms with Crippen LogP contribution in [0.4, 0.5) is 0 Å². The number of phenolic OH excluding ortho intramolecular Hbond substituents is 1. The number of hydrogen-bond donors (Lipinski definition) is 7. The third-order valence-corrected chi connectivity index (χ3v) is 5.82. The summed E-state index contributed by atoms with van der Waals surface area (Å²) in [6, 6.07) is 0.802. The van der Waals surface area contributed by atoms with Crippen molar-refractivity contribution in [1.82, 2.24) is 15.5 Å². The molecule has 1 fully saturated rings. The Bertz CT molecular complexity index is 1030. The lowest BCUT2D eigenvalue weighted by molar-refractivity contribution is -0.145. The van der Waals surface area contributed by atoms with Crippen LogP contribution in [-0.4, -0.2) is 91.7 Å². The molecule has 37 heavy (non-hydrogen) atoms. The molecule has 0 aromatic heterocycles. The molecule has 1 aromatic rings. The zero-order chi connectivity index (χ0) is 27.7. The van der Waals surface area contributed by atoms with Gasteiger partial charge in [0.1, 0.15) is 23.9 Å². The molecule has 4 atom stereocenters. The Labute approximate surface area is 211 Å². The number of aromatic hydroxyl groups is 1. The number of benzene rings is 1. The van der Waals surface area contributed by atoms with E-state index in [-0.39, 0.29) is 25.1 Å². The van der Waals surface area contributed by atoms with Gasteiger partial charge in [-0.2, -0.15) is 0 Å². The first-order valence-electron chi connectivity index (χ1n) is 11.5. The van der Waals surface area contributed by atoms with Crippen LogP contribution >= 0.6 is 0 Å². The molecule has 4 unspecified atom stereocenters. The van der Waals surface area contributed by atoms with E-state index in [0.29, 0.717) is 12.0 Å². The van der Waals surface area contributed by atoms with Crippen molar-refractivity contribution in [2.24, 2.45) is 5.73 Å². The normalized spacial score (nSPS) is 17.3. The van der Waals surface area contributed by atoms with Crippen LogP contribution in [0, 0.1) is 0 Å². The van der Waals surface area contributed by atoms with Gasteiger partial charge in [0.2, 0.25) is 17.7 Å². The number of likely N-dealkylation sites (tertiary alicyclic amines) is 1. The largest absolute Gasteiger partial charge is 0.508 e. The lowest BCUT2D eigenvalue weighted by Gasteiger charge is -2.28. The summed E-state index contributed by atoms with van der Waals surface area (Å²) < 4.78 is 0. The Morgan fingerprint density at radius 3 is 2.19 bits per heavy atom. The molecule has 1 aromatic carbocycles. The first kappa shape index (κ1) is 29.0. The highest BCUT2D eigenvalue weighted by Crippen LogP contribution is 2.20. The standard InChI is InChI=1S/C23H30N4O10/c24-14(10-12-3-5-13(28)6-4-12)22(35)27-9-1-2-17(27)21(34)26-16(11-19(31)32)20(33)25-15(23(36)37)7-8-18(29)30/h3-6,14-17,28H,1-2,7-11,24H2,(H,25,33)(H,26,34)(H,29,30)(H,31,32)(H,36,37). The maximum Gasteiger partial charge on any atom is 0.326 e. The third-order valence-electron chi connectivity index (χ3n) is 5.82. The summed E-state index contributed by atoms with van der Waals surface area (Å²) in [5.74, 6) is -6.65. The number of nitrogens with zero attached hydrogens (tertiary/aromatic N) is 1. The monoisotopic (exact) mass is 522 g/mol. The number of hydrogen-bond acceptors (Lipinski definition) is 8. The molecule has 0 aliphatic carbocycles. The average Bonchev–Trinajstić information content (AvgIpc) is 3.31. The van der Waals surface area contributed by atoms with Gasteiger partial charge in [-0.25, -0.2) is 4.79 Å². The number of nitrogens with one attached hydrogen (secondary N) is 2.